The van der Waals surface area contributed by atoms with Gasteiger partial charge in [-0.05, 0) is 42.5 Å². The number of halogens is 1. The van der Waals surface area contributed by atoms with Crippen molar-refractivity contribution in [2.45, 2.75) is 0 Å². The lowest BCUT2D eigenvalue weighted by Crippen LogP contribution is -2.22. The van der Waals surface area contributed by atoms with Crippen molar-refractivity contribution in [2.75, 3.05) is 17.2 Å². The summed E-state index contributed by atoms with van der Waals surface area (Å²) < 4.78 is 7.16. The van der Waals surface area contributed by atoms with E-state index in [1.54, 1.807) is 54.6 Å². The normalized spacial score (nSPS) is 10.4. The molecule has 8 nitrogen and oxygen atoms in total. The Morgan fingerprint density at radius 2 is 1.75 bits per heavy atom. The van der Waals surface area contributed by atoms with Gasteiger partial charge < -0.3 is 15.4 Å². The summed E-state index contributed by atoms with van der Waals surface area (Å²) in [6.45, 7) is -0.307. The minimum absolute atomic E-state index is 0.290. The molecule has 0 spiro atoms. The first-order valence-corrected chi connectivity index (χ1v) is 10.0. The second kappa shape index (κ2) is 9.76. The Labute approximate surface area is 188 Å². The molecule has 4 aromatic rings. The molecule has 2 N–H and O–H groups in total. The number of rotatable bonds is 7. The highest BCUT2D eigenvalue weighted by Crippen LogP contribution is 2.24. The number of amides is 2. The van der Waals surface area contributed by atoms with E-state index in [-0.39, 0.29) is 12.5 Å². The number of hydrogen-bond acceptors (Lipinski definition) is 5. The molecule has 160 valence electrons. The molecule has 9 heteroatoms. The average molecular weight is 448 g/mol. The predicted molar refractivity (Wildman–Crippen MR) is 121 cm³/mol. The van der Waals surface area contributed by atoms with Crippen LogP contribution in [0.3, 0.4) is 0 Å². The third-order valence-corrected chi connectivity index (χ3v) is 4.66. The lowest BCUT2D eigenvalue weighted by molar-refractivity contribution is -0.118. The zero-order valence-electron chi connectivity index (χ0n) is 16.7. The molecule has 0 aliphatic heterocycles. The number of carbonyl (C=O) groups excluding carboxylic acids is 2. The molecule has 0 atom stereocenters. The molecular weight excluding hydrogens is 430 g/mol. The van der Waals surface area contributed by atoms with Gasteiger partial charge in [-0.25, -0.2) is 9.67 Å². The molecule has 0 radical (unpaired) electrons. The minimum atomic E-state index is -0.424. The maximum atomic E-state index is 12.7. The SMILES string of the molecule is O=C(COc1ccccc1C(=O)Nc1ccccc1)Nc1cc(Cl)ccc1-n1cncn1. The van der Waals surface area contributed by atoms with E-state index in [2.05, 4.69) is 20.7 Å². The molecule has 4 rings (SSSR count). The zero-order valence-corrected chi connectivity index (χ0v) is 17.5. The molecule has 0 fully saturated rings. The summed E-state index contributed by atoms with van der Waals surface area (Å²) in [5.41, 5.74) is 2.02. The van der Waals surface area contributed by atoms with Crippen molar-refractivity contribution < 1.29 is 14.3 Å². The van der Waals surface area contributed by atoms with E-state index in [9.17, 15) is 9.59 Å². The van der Waals surface area contributed by atoms with Gasteiger partial charge in [0.05, 0.1) is 16.9 Å². The van der Waals surface area contributed by atoms with E-state index in [0.717, 1.165) is 0 Å². The van der Waals surface area contributed by atoms with Crippen LogP contribution in [0, 0.1) is 0 Å². The predicted octanol–water partition coefficient (Wildman–Crippen LogP) is 4.19. The summed E-state index contributed by atoms with van der Waals surface area (Å²) in [6, 6.07) is 20.8. The van der Waals surface area contributed by atoms with Gasteiger partial charge in [-0.3, -0.25) is 9.59 Å². The quantitative estimate of drug-likeness (QED) is 0.442. The van der Waals surface area contributed by atoms with Crippen LogP contribution in [0.1, 0.15) is 10.4 Å². The Hall–Kier alpha value is -4.17. The first-order valence-electron chi connectivity index (χ1n) is 9.63. The Morgan fingerprint density at radius 3 is 2.53 bits per heavy atom. The summed E-state index contributed by atoms with van der Waals surface area (Å²) in [6.07, 6.45) is 2.90. The van der Waals surface area contributed by atoms with E-state index in [1.165, 1.54) is 17.3 Å². The third kappa shape index (κ3) is 5.11. The van der Waals surface area contributed by atoms with Crippen LogP contribution in [0.15, 0.2) is 85.5 Å². The van der Waals surface area contributed by atoms with Crippen molar-refractivity contribution in [3.05, 3.63) is 96.0 Å². The van der Waals surface area contributed by atoms with Crippen LogP contribution in [-0.2, 0) is 4.79 Å². The van der Waals surface area contributed by atoms with Crippen LogP contribution >= 0.6 is 11.6 Å². The van der Waals surface area contributed by atoms with Gasteiger partial charge in [-0.15, -0.1) is 0 Å². The Morgan fingerprint density at radius 1 is 0.969 bits per heavy atom. The fraction of sp³-hybridized carbons (Fsp3) is 0.0435. The summed E-state index contributed by atoms with van der Waals surface area (Å²) in [5.74, 6) is -0.471. The molecule has 0 aliphatic rings. The molecular formula is C23H18ClN5O3. The lowest BCUT2D eigenvalue weighted by atomic mass is 10.2. The highest BCUT2D eigenvalue weighted by atomic mass is 35.5. The number of benzene rings is 3. The van der Waals surface area contributed by atoms with Crippen molar-refractivity contribution in [3.63, 3.8) is 0 Å². The number of hydrogen-bond donors (Lipinski definition) is 2. The van der Waals surface area contributed by atoms with Crippen molar-refractivity contribution in [3.8, 4) is 11.4 Å². The highest BCUT2D eigenvalue weighted by Gasteiger charge is 2.15. The molecule has 3 aromatic carbocycles. The summed E-state index contributed by atoms with van der Waals surface area (Å²) >= 11 is 6.08. The smallest absolute Gasteiger partial charge is 0.262 e. The van der Waals surface area contributed by atoms with E-state index < -0.39 is 5.91 Å². The van der Waals surface area contributed by atoms with Crippen LogP contribution in [0.4, 0.5) is 11.4 Å². The van der Waals surface area contributed by atoms with Gasteiger partial charge in [-0.2, -0.15) is 5.10 Å². The van der Waals surface area contributed by atoms with Crippen LogP contribution in [0.5, 0.6) is 5.75 Å². The summed E-state index contributed by atoms with van der Waals surface area (Å²) in [7, 11) is 0. The highest BCUT2D eigenvalue weighted by molar-refractivity contribution is 6.31. The van der Waals surface area contributed by atoms with Crippen molar-refractivity contribution in [1.29, 1.82) is 0 Å². The van der Waals surface area contributed by atoms with Crippen LogP contribution in [0.2, 0.25) is 5.02 Å². The molecule has 0 saturated heterocycles. The van der Waals surface area contributed by atoms with Crippen molar-refractivity contribution in [1.82, 2.24) is 14.8 Å². The first-order chi connectivity index (χ1) is 15.6. The number of carbonyl (C=O) groups is 2. The molecule has 2 amide bonds. The fourth-order valence-electron chi connectivity index (χ4n) is 2.97. The topological polar surface area (TPSA) is 98.1 Å². The Balaban J connectivity index is 1.44. The minimum Gasteiger partial charge on any atom is -0.483 e. The second-order valence-corrected chi connectivity index (χ2v) is 7.09. The lowest BCUT2D eigenvalue weighted by Gasteiger charge is -2.13. The van der Waals surface area contributed by atoms with Gasteiger partial charge in [0.1, 0.15) is 18.4 Å². The molecule has 0 unspecified atom stereocenters. The summed E-state index contributed by atoms with van der Waals surface area (Å²) in [4.78, 5) is 29.1. The first kappa shape index (κ1) is 21.1. The number of nitrogens with zero attached hydrogens (tertiary/aromatic N) is 3. The summed E-state index contributed by atoms with van der Waals surface area (Å²) in [5, 5.41) is 10.1. The molecule has 0 saturated carbocycles. The van der Waals surface area contributed by atoms with Crippen LogP contribution in [0.25, 0.3) is 5.69 Å². The third-order valence-electron chi connectivity index (χ3n) is 4.42. The molecule has 0 bridgehead atoms. The number of nitrogens with one attached hydrogen (secondary N) is 2. The Bertz CT molecular complexity index is 1230. The van der Waals surface area contributed by atoms with E-state index >= 15 is 0 Å². The molecule has 0 aliphatic carbocycles. The van der Waals surface area contributed by atoms with Crippen LogP contribution < -0.4 is 15.4 Å². The van der Waals surface area contributed by atoms with Crippen molar-refractivity contribution >= 4 is 34.8 Å². The van der Waals surface area contributed by atoms with Crippen LogP contribution in [-0.4, -0.2) is 33.2 Å². The number of anilines is 2. The molecule has 1 heterocycles. The Kier molecular flexibility index (Phi) is 6.43. The zero-order chi connectivity index (χ0) is 22.3. The number of aromatic nitrogens is 3. The van der Waals surface area contributed by atoms with E-state index in [1.807, 2.05) is 18.2 Å². The van der Waals surface area contributed by atoms with Gasteiger partial charge >= 0.3 is 0 Å². The molecule has 32 heavy (non-hydrogen) atoms. The maximum absolute atomic E-state index is 12.7. The van der Waals surface area contributed by atoms with Gasteiger partial charge in [0, 0.05) is 10.7 Å². The van der Waals surface area contributed by atoms with E-state index in [4.69, 9.17) is 16.3 Å². The fourth-order valence-corrected chi connectivity index (χ4v) is 3.14. The van der Waals surface area contributed by atoms with E-state index in [0.29, 0.717) is 33.4 Å². The molecule has 1 aromatic heterocycles. The van der Waals surface area contributed by atoms with Gasteiger partial charge in [0.25, 0.3) is 11.8 Å². The number of ether oxygens (including phenoxy) is 1. The average Bonchev–Trinajstić information content (AvgIpc) is 3.33. The largest absolute Gasteiger partial charge is 0.483 e. The van der Waals surface area contributed by atoms with Gasteiger partial charge in [0.2, 0.25) is 0 Å². The van der Waals surface area contributed by atoms with Gasteiger partial charge in [-0.1, -0.05) is 41.9 Å². The number of para-hydroxylation sites is 2. The second-order valence-electron chi connectivity index (χ2n) is 6.65. The maximum Gasteiger partial charge on any atom is 0.262 e. The van der Waals surface area contributed by atoms with Crippen molar-refractivity contribution in [2.24, 2.45) is 0 Å². The standard InChI is InChI=1S/C23H18ClN5O3/c24-16-10-11-20(29-15-25-14-26-29)19(12-16)28-22(30)13-32-21-9-5-4-8-18(21)23(31)27-17-6-2-1-3-7-17/h1-12,14-15H,13H2,(H,27,31)(H,28,30). The monoisotopic (exact) mass is 447 g/mol. The van der Waals surface area contributed by atoms with Gasteiger partial charge in [0.15, 0.2) is 6.61 Å².